The molecule has 0 N–H and O–H groups in total. The zero-order valence-corrected chi connectivity index (χ0v) is 13.4. The van der Waals surface area contributed by atoms with E-state index in [0.29, 0.717) is 24.9 Å². The Morgan fingerprint density at radius 2 is 1.62 bits per heavy atom. The summed E-state index contributed by atoms with van der Waals surface area (Å²) >= 11 is 0. The fraction of sp³-hybridized carbons (Fsp3) is 0.562. The summed E-state index contributed by atoms with van der Waals surface area (Å²) in [5, 5.41) is 0. The monoisotopic (exact) mass is 292 g/mol. The van der Waals surface area contributed by atoms with Crippen LogP contribution < -0.4 is 0 Å². The standard InChI is InChI=1S/C16H24N2O3/c1-11(2)9-18(10-12(3)4)15(19)13-7-6-8-14(17-13)16(20)21-5/h6-8,11-12H,9-10H2,1-5H3. The van der Waals surface area contributed by atoms with Crippen LogP contribution in [-0.2, 0) is 4.74 Å². The van der Waals surface area contributed by atoms with Crippen molar-refractivity contribution in [1.82, 2.24) is 9.88 Å². The molecule has 0 aliphatic carbocycles. The Labute approximate surface area is 126 Å². The molecule has 1 aromatic rings. The summed E-state index contributed by atoms with van der Waals surface area (Å²) in [4.78, 5) is 30.0. The first-order chi connectivity index (χ1) is 9.85. The average Bonchev–Trinajstić information content (AvgIpc) is 2.44. The summed E-state index contributed by atoms with van der Waals surface area (Å²) < 4.78 is 4.63. The van der Waals surface area contributed by atoms with Gasteiger partial charge in [-0.15, -0.1) is 0 Å². The highest BCUT2D eigenvalue weighted by molar-refractivity contribution is 5.94. The van der Waals surface area contributed by atoms with Gasteiger partial charge < -0.3 is 9.64 Å². The molecule has 0 bridgehead atoms. The van der Waals surface area contributed by atoms with Crippen LogP contribution in [0.15, 0.2) is 18.2 Å². The fourth-order valence-electron chi connectivity index (χ4n) is 2.06. The maximum atomic E-state index is 12.6. The smallest absolute Gasteiger partial charge is 0.356 e. The maximum Gasteiger partial charge on any atom is 0.356 e. The SMILES string of the molecule is COC(=O)c1cccc(C(=O)N(CC(C)C)CC(C)C)n1. The first-order valence-corrected chi connectivity index (χ1v) is 7.19. The van der Waals surface area contributed by atoms with Gasteiger partial charge in [0.15, 0.2) is 0 Å². The predicted molar refractivity (Wildman–Crippen MR) is 81.2 cm³/mol. The van der Waals surface area contributed by atoms with Crippen LogP contribution in [0.1, 0.15) is 48.7 Å². The quantitative estimate of drug-likeness (QED) is 0.756. The average molecular weight is 292 g/mol. The van der Waals surface area contributed by atoms with Gasteiger partial charge in [-0.2, -0.15) is 0 Å². The molecule has 0 radical (unpaired) electrons. The molecule has 0 spiro atoms. The minimum Gasteiger partial charge on any atom is -0.464 e. The summed E-state index contributed by atoms with van der Waals surface area (Å²) in [5.41, 5.74) is 0.427. The summed E-state index contributed by atoms with van der Waals surface area (Å²) in [6.45, 7) is 9.61. The van der Waals surface area contributed by atoms with Crippen molar-refractivity contribution in [1.29, 1.82) is 0 Å². The van der Waals surface area contributed by atoms with E-state index in [1.54, 1.807) is 17.0 Å². The summed E-state index contributed by atoms with van der Waals surface area (Å²) in [7, 11) is 1.29. The van der Waals surface area contributed by atoms with Gasteiger partial charge in [-0.05, 0) is 24.0 Å². The van der Waals surface area contributed by atoms with Crippen molar-refractivity contribution < 1.29 is 14.3 Å². The van der Waals surface area contributed by atoms with Crippen molar-refractivity contribution in [3.05, 3.63) is 29.6 Å². The number of rotatable bonds is 6. The lowest BCUT2D eigenvalue weighted by Crippen LogP contribution is -2.37. The summed E-state index contributed by atoms with van der Waals surface area (Å²) in [6, 6.07) is 4.82. The molecule has 5 nitrogen and oxygen atoms in total. The van der Waals surface area contributed by atoms with E-state index < -0.39 is 5.97 Å². The van der Waals surface area contributed by atoms with Gasteiger partial charge >= 0.3 is 5.97 Å². The second-order valence-electron chi connectivity index (χ2n) is 5.90. The number of aromatic nitrogens is 1. The second kappa shape index (κ2) is 7.76. The number of ether oxygens (including phenoxy) is 1. The lowest BCUT2D eigenvalue weighted by atomic mass is 10.1. The van der Waals surface area contributed by atoms with Gasteiger partial charge in [-0.25, -0.2) is 9.78 Å². The van der Waals surface area contributed by atoms with Gasteiger partial charge in [-0.3, -0.25) is 4.79 Å². The van der Waals surface area contributed by atoms with Gasteiger partial charge in [0.25, 0.3) is 5.91 Å². The Balaban J connectivity index is 2.99. The molecule has 0 fully saturated rings. The molecule has 0 aliphatic rings. The minimum atomic E-state index is -0.538. The third-order valence-corrected chi connectivity index (χ3v) is 2.82. The van der Waals surface area contributed by atoms with Gasteiger partial charge in [-0.1, -0.05) is 33.8 Å². The van der Waals surface area contributed by atoms with E-state index in [1.807, 2.05) is 0 Å². The number of methoxy groups -OCH3 is 1. The van der Waals surface area contributed by atoms with Crippen molar-refractivity contribution >= 4 is 11.9 Å². The molecule has 21 heavy (non-hydrogen) atoms. The molecule has 0 saturated carbocycles. The van der Waals surface area contributed by atoms with Crippen LogP contribution in [0.3, 0.4) is 0 Å². The van der Waals surface area contributed by atoms with Crippen LogP contribution in [0.25, 0.3) is 0 Å². The van der Waals surface area contributed by atoms with E-state index in [0.717, 1.165) is 0 Å². The topological polar surface area (TPSA) is 59.5 Å². The first kappa shape index (κ1) is 17.1. The Morgan fingerprint density at radius 3 is 2.10 bits per heavy atom. The maximum absolute atomic E-state index is 12.6. The molecule has 1 heterocycles. The van der Waals surface area contributed by atoms with Crippen LogP contribution >= 0.6 is 0 Å². The third kappa shape index (κ3) is 5.17. The van der Waals surface area contributed by atoms with E-state index in [2.05, 4.69) is 37.4 Å². The Hall–Kier alpha value is -1.91. The summed E-state index contributed by atoms with van der Waals surface area (Å²) in [6.07, 6.45) is 0. The number of pyridine rings is 1. The Morgan fingerprint density at radius 1 is 1.10 bits per heavy atom. The van der Waals surface area contributed by atoms with Gasteiger partial charge in [0.1, 0.15) is 11.4 Å². The van der Waals surface area contributed by atoms with Gasteiger partial charge in [0.2, 0.25) is 0 Å². The van der Waals surface area contributed by atoms with E-state index in [9.17, 15) is 9.59 Å². The van der Waals surface area contributed by atoms with Crippen LogP contribution in [0, 0.1) is 11.8 Å². The predicted octanol–water partition coefficient (Wildman–Crippen LogP) is 2.62. The van der Waals surface area contributed by atoms with Crippen molar-refractivity contribution in [3.8, 4) is 0 Å². The van der Waals surface area contributed by atoms with E-state index >= 15 is 0 Å². The minimum absolute atomic E-state index is 0.150. The third-order valence-electron chi connectivity index (χ3n) is 2.82. The molecule has 5 heteroatoms. The fourth-order valence-corrected chi connectivity index (χ4v) is 2.06. The zero-order chi connectivity index (χ0) is 16.0. The molecule has 116 valence electrons. The Kier molecular flexibility index (Phi) is 6.34. The van der Waals surface area contributed by atoms with Gasteiger partial charge in [0, 0.05) is 13.1 Å². The Bertz CT molecular complexity index is 488. The van der Waals surface area contributed by atoms with E-state index in [-0.39, 0.29) is 17.3 Å². The number of amides is 1. The number of hydrogen-bond donors (Lipinski definition) is 0. The number of hydrogen-bond acceptors (Lipinski definition) is 4. The molecule has 0 saturated heterocycles. The largest absolute Gasteiger partial charge is 0.464 e. The van der Waals surface area contributed by atoms with E-state index in [4.69, 9.17) is 0 Å². The second-order valence-corrected chi connectivity index (χ2v) is 5.90. The number of nitrogens with zero attached hydrogens (tertiary/aromatic N) is 2. The molecule has 0 unspecified atom stereocenters. The van der Waals surface area contributed by atoms with Crippen molar-refractivity contribution in [2.45, 2.75) is 27.7 Å². The molecule has 1 rings (SSSR count). The number of carbonyl (C=O) groups excluding carboxylic acids is 2. The molecule has 0 aromatic carbocycles. The molecule has 1 amide bonds. The van der Waals surface area contributed by atoms with Crippen molar-refractivity contribution in [2.75, 3.05) is 20.2 Å². The van der Waals surface area contributed by atoms with Gasteiger partial charge in [0.05, 0.1) is 7.11 Å². The van der Waals surface area contributed by atoms with Crippen LogP contribution in [0.2, 0.25) is 0 Å². The van der Waals surface area contributed by atoms with Crippen LogP contribution in [0.4, 0.5) is 0 Å². The highest BCUT2D eigenvalue weighted by Gasteiger charge is 2.20. The lowest BCUT2D eigenvalue weighted by Gasteiger charge is -2.26. The van der Waals surface area contributed by atoms with Crippen LogP contribution in [0.5, 0.6) is 0 Å². The lowest BCUT2D eigenvalue weighted by molar-refractivity contribution is 0.0593. The van der Waals surface area contributed by atoms with E-state index in [1.165, 1.54) is 13.2 Å². The molecule has 0 aliphatic heterocycles. The number of carbonyl (C=O) groups is 2. The highest BCUT2D eigenvalue weighted by atomic mass is 16.5. The highest BCUT2D eigenvalue weighted by Crippen LogP contribution is 2.10. The number of esters is 1. The van der Waals surface area contributed by atoms with Crippen LogP contribution in [-0.4, -0.2) is 42.0 Å². The molecule has 0 atom stereocenters. The molecule has 1 aromatic heterocycles. The molecular weight excluding hydrogens is 268 g/mol. The summed E-state index contributed by atoms with van der Waals surface area (Å²) in [5.74, 6) is 0.0556. The normalized spacial score (nSPS) is 10.8. The zero-order valence-electron chi connectivity index (χ0n) is 13.4. The van der Waals surface area contributed by atoms with Crippen molar-refractivity contribution in [3.63, 3.8) is 0 Å². The van der Waals surface area contributed by atoms with Crippen molar-refractivity contribution in [2.24, 2.45) is 11.8 Å². The molecular formula is C16H24N2O3. The first-order valence-electron chi connectivity index (χ1n) is 7.19.